The van der Waals surface area contributed by atoms with Gasteiger partial charge in [-0.1, -0.05) is 19.1 Å². The Labute approximate surface area is 126 Å². The fraction of sp³-hybridized carbons (Fsp3) is 0.588. The van der Waals surface area contributed by atoms with Crippen molar-refractivity contribution in [2.75, 3.05) is 6.54 Å². The van der Waals surface area contributed by atoms with Gasteiger partial charge in [0.05, 0.1) is 6.61 Å². The minimum atomic E-state index is -0.483. The Morgan fingerprint density at radius 2 is 2.10 bits per heavy atom. The highest BCUT2D eigenvalue weighted by atomic mass is 16.6. The van der Waals surface area contributed by atoms with Gasteiger partial charge < -0.3 is 14.7 Å². The number of hydrogen-bond acceptors (Lipinski definition) is 3. The van der Waals surface area contributed by atoms with Crippen LogP contribution in [0.3, 0.4) is 0 Å². The molecule has 1 N–H and O–H groups in total. The first-order valence-electron chi connectivity index (χ1n) is 7.56. The van der Waals surface area contributed by atoms with E-state index < -0.39 is 5.60 Å². The van der Waals surface area contributed by atoms with Crippen molar-refractivity contribution in [1.29, 1.82) is 0 Å². The first-order chi connectivity index (χ1) is 9.84. The molecule has 0 aliphatic carbocycles. The van der Waals surface area contributed by atoms with Crippen molar-refractivity contribution < 1.29 is 14.6 Å². The van der Waals surface area contributed by atoms with Crippen LogP contribution in [0.1, 0.15) is 49.9 Å². The Balaban J connectivity index is 2.22. The summed E-state index contributed by atoms with van der Waals surface area (Å²) in [5, 5.41) is 9.59. The van der Waals surface area contributed by atoms with Crippen LogP contribution in [-0.2, 0) is 30.7 Å². The van der Waals surface area contributed by atoms with Crippen molar-refractivity contribution in [3.8, 4) is 0 Å². The summed E-state index contributed by atoms with van der Waals surface area (Å²) in [4.78, 5) is 13.9. The average molecular weight is 291 g/mol. The summed E-state index contributed by atoms with van der Waals surface area (Å²) in [6.45, 7) is 8.92. The van der Waals surface area contributed by atoms with Gasteiger partial charge in [0, 0.05) is 13.1 Å². The van der Waals surface area contributed by atoms with Crippen LogP contribution in [0.2, 0.25) is 0 Å². The molecule has 0 fully saturated rings. The maximum absolute atomic E-state index is 12.2. The molecule has 0 spiro atoms. The van der Waals surface area contributed by atoms with Crippen molar-refractivity contribution in [3.05, 3.63) is 34.4 Å². The second-order valence-corrected chi connectivity index (χ2v) is 6.56. The molecule has 0 atom stereocenters. The molecule has 4 heteroatoms. The molecule has 1 heterocycles. The third-order valence-electron chi connectivity index (χ3n) is 3.72. The van der Waals surface area contributed by atoms with Crippen LogP contribution < -0.4 is 0 Å². The van der Waals surface area contributed by atoms with Gasteiger partial charge in [-0.25, -0.2) is 4.79 Å². The summed E-state index contributed by atoms with van der Waals surface area (Å²) < 4.78 is 5.44. The van der Waals surface area contributed by atoms with E-state index in [-0.39, 0.29) is 12.7 Å². The number of carbonyl (C=O) groups excluding carboxylic acids is 1. The predicted octanol–water partition coefficient (Wildman–Crippen LogP) is 3.03. The number of nitrogens with zero attached hydrogens (tertiary/aromatic N) is 1. The summed E-state index contributed by atoms with van der Waals surface area (Å²) in [5.41, 5.74) is 4.01. The Kier molecular flexibility index (Phi) is 4.57. The summed E-state index contributed by atoms with van der Waals surface area (Å²) in [5.74, 6) is 0. The Bertz CT molecular complexity index is 514. The number of benzene rings is 1. The number of aliphatic hydroxyl groups is 1. The van der Waals surface area contributed by atoms with Gasteiger partial charge in [-0.3, -0.25) is 0 Å². The molecule has 1 aromatic carbocycles. The van der Waals surface area contributed by atoms with Crippen LogP contribution in [-0.4, -0.2) is 28.2 Å². The highest BCUT2D eigenvalue weighted by Crippen LogP contribution is 2.26. The number of aryl methyl sites for hydroxylation is 1. The third kappa shape index (κ3) is 3.76. The van der Waals surface area contributed by atoms with Crippen molar-refractivity contribution in [1.82, 2.24) is 4.90 Å². The van der Waals surface area contributed by atoms with Gasteiger partial charge in [0.15, 0.2) is 0 Å². The van der Waals surface area contributed by atoms with Gasteiger partial charge in [0.25, 0.3) is 0 Å². The smallest absolute Gasteiger partial charge is 0.410 e. The second kappa shape index (κ2) is 6.06. The van der Waals surface area contributed by atoms with Crippen LogP contribution in [0.25, 0.3) is 0 Å². The van der Waals surface area contributed by atoms with E-state index in [1.807, 2.05) is 26.8 Å². The van der Waals surface area contributed by atoms with Gasteiger partial charge in [0.2, 0.25) is 0 Å². The quantitative estimate of drug-likeness (QED) is 0.911. The lowest BCUT2D eigenvalue weighted by molar-refractivity contribution is 0.0222. The number of aliphatic hydroxyl groups excluding tert-OH is 1. The molecule has 21 heavy (non-hydrogen) atoms. The normalized spacial score (nSPS) is 14.8. The van der Waals surface area contributed by atoms with E-state index in [9.17, 15) is 9.90 Å². The van der Waals surface area contributed by atoms with E-state index in [0.29, 0.717) is 13.1 Å². The van der Waals surface area contributed by atoms with E-state index in [1.165, 1.54) is 11.1 Å². The second-order valence-electron chi connectivity index (χ2n) is 6.56. The lowest BCUT2D eigenvalue weighted by atomic mass is 9.92. The van der Waals surface area contributed by atoms with E-state index in [2.05, 4.69) is 13.0 Å². The van der Waals surface area contributed by atoms with Gasteiger partial charge in [0.1, 0.15) is 5.60 Å². The monoisotopic (exact) mass is 291 g/mol. The minimum absolute atomic E-state index is 0.0122. The number of fused-ring (bicyclic) bond motifs is 1. The standard InChI is InChI=1S/C17H25NO3/c1-5-12-8-13-6-7-18(16(20)21-17(2,3)4)10-15(13)14(9-12)11-19/h8-9,19H,5-7,10-11H2,1-4H3. The number of ether oxygens (including phenoxy) is 1. The molecule has 0 unspecified atom stereocenters. The molecule has 0 aromatic heterocycles. The molecule has 0 bridgehead atoms. The molecule has 0 radical (unpaired) electrons. The minimum Gasteiger partial charge on any atom is -0.444 e. The molecule has 1 aromatic rings. The molecule has 4 nitrogen and oxygen atoms in total. The molecule has 0 saturated carbocycles. The zero-order valence-corrected chi connectivity index (χ0v) is 13.4. The van der Waals surface area contributed by atoms with Gasteiger partial charge >= 0.3 is 6.09 Å². The van der Waals surface area contributed by atoms with Gasteiger partial charge in [-0.15, -0.1) is 0 Å². The highest BCUT2D eigenvalue weighted by molar-refractivity contribution is 5.69. The summed E-state index contributed by atoms with van der Waals surface area (Å²) in [7, 11) is 0. The molecule has 2 rings (SSSR count). The number of amides is 1. The van der Waals surface area contributed by atoms with Crippen molar-refractivity contribution in [3.63, 3.8) is 0 Å². The van der Waals surface area contributed by atoms with Crippen LogP contribution >= 0.6 is 0 Å². The Hall–Kier alpha value is -1.55. The Morgan fingerprint density at radius 3 is 2.67 bits per heavy atom. The first-order valence-corrected chi connectivity index (χ1v) is 7.56. The number of hydrogen-bond donors (Lipinski definition) is 1. The molecule has 116 valence electrons. The fourth-order valence-corrected chi connectivity index (χ4v) is 2.65. The topological polar surface area (TPSA) is 49.8 Å². The Morgan fingerprint density at radius 1 is 1.38 bits per heavy atom. The zero-order valence-electron chi connectivity index (χ0n) is 13.4. The lowest BCUT2D eigenvalue weighted by Crippen LogP contribution is -2.40. The molecule has 0 saturated heterocycles. The summed E-state index contributed by atoms with van der Waals surface area (Å²) in [6, 6.07) is 4.23. The lowest BCUT2D eigenvalue weighted by Gasteiger charge is -2.32. The molecule has 1 aliphatic heterocycles. The third-order valence-corrected chi connectivity index (χ3v) is 3.72. The summed E-state index contributed by atoms with van der Waals surface area (Å²) in [6.07, 6.45) is 1.49. The first kappa shape index (κ1) is 15.8. The van der Waals surface area contributed by atoms with Gasteiger partial charge in [-0.05, 0) is 55.9 Å². The SMILES string of the molecule is CCc1cc(CO)c2c(c1)CCN(C(=O)OC(C)(C)C)C2. The van der Waals surface area contributed by atoms with Crippen LogP contribution in [0, 0.1) is 0 Å². The van der Waals surface area contributed by atoms with E-state index >= 15 is 0 Å². The summed E-state index contributed by atoms with van der Waals surface area (Å²) >= 11 is 0. The number of carbonyl (C=O) groups is 1. The van der Waals surface area contributed by atoms with E-state index in [4.69, 9.17) is 4.74 Å². The van der Waals surface area contributed by atoms with Crippen LogP contribution in [0.4, 0.5) is 4.79 Å². The average Bonchev–Trinajstić information content (AvgIpc) is 2.43. The highest BCUT2D eigenvalue weighted by Gasteiger charge is 2.27. The zero-order chi connectivity index (χ0) is 15.6. The predicted molar refractivity (Wildman–Crippen MR) is 82.1 cm³/mol. The number of rotatable bonds is 2. The maximum Gasteiger partial charge on any atom is 0.410 e. The van der Waals surface area contributed by atoms with Crippen LogP contribution in [0.5, 0.6) is 0 Å². The van der Waals surface area contributed by atoms with Gasteiger partial charge in [-0.2, -0.15) is 0 Å². The van der Waals surface area contributed by atoms with Crippen molar-refractivity contribution >= 4 is 6.09 Å². The van der Waals surface area contributed by atoms with E-state index in [0.717, 1.165) is 24.0 Å². The van der Waals surface area contributed by atoms with Crippen LogP contribution in [0.15, 0.2) is 12.1 Å². The van der Waals surface area contributed by atoms with Crippen molar-refractivity contribution in [2.24, 2.45) is 0 Å². The molecular weight excluding hydrogens is 266 g/mol. The molecule has 1 aliphatic rings. The fourth-order valence-electron chi connectivity index (χ4n) is 2.65. The largest absolute Gasteiger partial charge is 0.444 e. The van der Waals surface area contributed by atoms with E-state index in [1.54, 1.807) is 4.90 Å². The molecule has 1 amide bonds. The maximum atomic E-state index is 12.2. The molecular formula is C17H25NO3. The van der Waals surface area contributed by atoms with Crippen molar-refractivity contribution in [2.45, 2.75) is 59.3 Å².